The van der Waals surface area contributed by atoms with Gasteiger partial charge in [-0.15, -0.1) is 0 Å². The Kier molecular flexibility index (Phi) is 8.74. The Bertz CT molecular complexity index is 1420. The molecule has 2 heterocycles. The molecule has 2 fully saturated rings. The molecule has 0 bridgehead atoms. The fraction of sp³-hybridized carbons (Fsp3) is 0.344. The van der Waals surface area contributed by atoms with Crippen LogP contribution < -0.4 is 9.80 Å². The summed E-state index contributed by atoms with van der Waals surface area (Å²) in [6.07, 6.45) is -1.52. The zero-order valence-electron chi connectivity index (χ0n) is 23.9. The van der Waals surface area contributed by atoms with Gasteiger partial charge in [-0.1, -0.05) is 42.5 Å². The van der Waals surface area contributed by atoms with Crippen LogP contribution in [0.3, 0.4) is 0 Å². The maximum Gasteiger partial charge on any atom is 0.514 e. The van der Waals surface area contributed by atoms with Gasteiger partial charge in [-0.2, -0.15) is 0 Å². The summed E-state index contributed by atoms with van der Waals surface area (Å²) >= 11 is 2.23. The minimum absolute atomic E-state index is 0.129. The van der Waals surface area contributed by atoms with Crippen LogP contribution in [0.2, 0.25) is 0 Å². The average Bonchev–Trinajstić information content (AvgIpc) is 3.48. The lowest BCUT2D eigenvalue weighted by Crippen LogP contribution is -2.46. The van der Waals surface area contributed by atoms with Crippen LogP contribution in [-0.4, -0.2) is 47.4 Å². The quantitative estimate of drug-likeness (QED) is 0.161. The molecular formula is C32H33IN2O7. The summed E-state index contributed by atoms with van der Waals surface area (Å²) in [6.45, 7) is 7.24. The summed E-state index contributed by atoms with van der Waals surface area (Å²) in [5.41, 5.74) is 1.83. The highest BCUT2D eigenvalue weighted by Gasteiger charge is 2.51. The van der Waals surface area contributed by atoms with Crippen molar-refractivity contribution in [2.45, 2.75) is 57.9 Å². The van der Waals surface area contributed by atoms with E-state index in [1.807, 2.05) is 61.5 Å². The van der Waals surface area contributed by atoms with E-state index >= 15 is 0 Å². The third kappa shape index (κ3) is 6.70. The second-order valence-corrected chi connectivity index (χ2v) is 12.6. The molecule has 2 saturated heterocycles. The van der Waals surface area contributed by atoms with Crippen molar-refractivity contribution in [2.24, 2.45) is 5.92 Å². The molecule has 0 N–H and O–H groups in total. The van der Waals surface area contributed by atoms with Crippen molar-refractivity contribution in [2.75, 3.05) is 11.7 Å². The molecule has 0 saturated carbocycles. The van der Waals surface area contributed by atoms with E-state index in [0.29, 0.717) is 12.2 Å². The standard InChI is InChI=1S/C32H33IN2O7/c1-20-27(29(36)34-25(19-39-30(34)37)18-21-8-6-5-7-9-21)28(35(42-20)24-14-12-23(33)13-15-24)22-10-16-26(17-11-22)40-31(38)41-32(2,3)4/h5-17,20,25,27-28H,18-19H2,1-4H3/t20-,25+,27-,28+/m0/s1. The van der Waals surface area contributed by atoms with Crippen molar-refractivity contribution in [1.29, 1.82) is 0 Å². The summed E-state index contributed by atoms with van der Waals surface area (Å²) < 4.78 is 17.0. The first kappa shape index (κ1) is 29.8. The number of ether oxygens (including phenoxy) is 3. The van der Waals surface area contributed by atoms with Crippen LogP contribution in [0.15, 0.2) is 78.9 Å². The maximum absolute atomic E-state index is 14.3. The zero-order valence-corrected chi connectivity index (χ0v) is 26.0. The molecule has 3 aromatic rings. The van der Waals surface area contributed by atoms with E-state index in [1.165, 1.54) is 4.90 Å². The van der Waals surface area contributed by atoms with Gasteiger partial charge < -0.3 is 14.2 Å². The van der Waals surface area contributed by atoms with Crippen LogP contribution in [0.5, 0.6) is 5.75 Å². The lowest BCUT2D eigenvalue weighted by Gasteiger charge is -2.29. The summed E-state index contributed by atoms with van der Waals surface area (Å²) in [7, 11) is 0. The van der Waals surface area contributed by atoms with Crippen LogP contribution in [0.4, 0.5) is 15.3 Å². The highest BCUT2D eigenvalue weighted by molar-refractivity contribution is 14.1. The summed E-state index contributed by atoms with van der Waals surface area (Å²) in [5.74, 6) is -0.793. The predicted octanol–water partition coefficient (Wildman–Crippen LogP) is 6.69. The van der Waals surface area contributed by atoms with E-state index in [9.17, 15) is 14.4 Å². The van der Waals surface area contributed by atoms with Crippen LogP contribution >= 0.6 is 22.6 Å². The number of hydrogen-bond acceptors (Lipinski definition) is 8. The Morgan fingerprint density at radius 3 is 2.29 bits per heavy atom. The van der Waals surface area contributed by atoms with E-state index in [1.54, 1.807) is 50.1 Å². The van der Waals surface area contributed by atoms with Crippen LogP contribution in [0, 0.1) is 9.49 Å². The molecular weight excluding hydrogens is 651 g/mol. The molecule has 2 amide bonds. The monoisotopic (exact) mass is 684 g/mol. The van der Waals surface area contributed by atoms with Gasteiger partial charge in [0.15, 0.2) is 0 Å². The first-order valence-corrected chi connectivity index (χ1v) is 14.8. The molecule has 0 unspecified atom stereocenters. The highest BCUT2D eigenvalue weighted by Crippen LogP contribution is 2.44. The van der Waals surface area contributed by atoms with Crippen LogP contribution in [0.1, 0.15) is 44.9 Å². The van der Waals surface area contributed by atoms with Crippen LogP contribution in [-0.2, 0) is 25.5 Å². The van der Waals surface area contributed by atoms with Crippen molar-refractivity contribution in [3.63, 3.8) is 0 Å². The van der Waals surface area contributed by atoms with Gasteiger partial charge in [-0.05, 0) is 104 Å². The van der Waals surface area contributed by atoms with Gasteiger partial charge in [-0.25, -0.2) is 19.6 Å². The summed E-state index contributed by atoms with van der Waals surface area (Å²) in [5, 5.41) is 1.72. The van der Waals surface area contributed by atoms with E-state index < -0.39 is 42.0 Å². The van der Waals surface area contributed by atoms with Gasteiger partial charge in [0.1, 0.15) is 18.0 Å². The Balaban J connectivity index is 1.45. The third-order valence-corrected chi connectivity index (χ3v) is 7.79. The number of halogens is 1. The van der Waals surface area contributed by atoms with Crippen molar-refractivity contribution < 1.29 is 33.4 Å². The van der Waals surface area contributed by atoms with Crippen molar-refractivity contribution in [3.8, 4) is 5.75 Å². The minimum Gasteiger partial charge on any atom is -0.447 e. The van der Waals surface area contributed by atoms with Gasteiger partial charge in [0, 0.05) is 3.57 Å². The number of carbonyl (C=O) groups is 3. The molecule has 2 aliphatic heterocycles. The highest BCUT2D eigenvalue weighted by atomic mass is 127. The van der Waals surface area contributed by atoms with Crippen molar-refractivity contribution in [1.82, 2.24) is 4.90 Å². The third-order valence-electron chi connectivity index (χ3n) is 7.07. The molecule has 4 atom stereocenters. The van der Waals surface area contributed by atoms with E-state index in [4.69, 9.17) is 19.0 Å². The number of cyclic esters (lactones) is 1. The number of hydrogen-bond donors (Lipinski definition) is 0. The molecule has 5 rings (SSSR count). The first-order valence-electron chi connectivity index (χ1n) is 13.8. The number of anilines is 1. The molecule has 2 aliphatic rings. The zero-order chi connectivity index (χ0) is 30.0. The number of benzene rings is 3. The Labute approximate surface area is 258 Å². The molecule has 0 radical (unpaired) electrons. The smallest absolute Gasteiger partial charge is 0.447 e. The Morgan fingerprint density at radius 1 is 0.976 bits per heavy atom. The van der Waals surface area contributed by atoms with Gasteiger partial charge in [-0.3, -0.25) is 9.63 Å². The number of rotatable bonds is 6. The average molecular weight is 685 g/mol. The number of hydroxylamine groups is 1. The van der Waals surface area contributed by atoms with Gasteiger partial charge >= 0.3 is 12.2 Å². The molecule has 10 heteroatoms. The predicted molar refractivity (Wildman–Crippen MR) is 164 cm³/mol. The first-order chi connectivity index (χ1) is 20.0. The lowest BCUT2D eigenvalue weighted by atomic mass is 9.88. The fourth-order valence-electron chi connectivity index (χ4n) is 5.23. The largest absolute Gasteiger partial charge is 0.514 e. The van der Waals surface area contributed by atoms with Crippen molar-refractivity contribution in [3.05, 3.63) is 93.6 Å². The van der Waals surface area contributed by atoms with E-state index in [0.717, 1.165) is 20.4 Å². The maximum atomic E-state index is 14.3. The Hall–Kier alpha value is -3.64. The van der Waals surface area contributed by atoms with Gasteiger partial charge in [0.25, 0.3) is 0 Å². The minimum atomic E-state index is -0.807. The number of nitrogens with zero attached hydrogens (tertiary/aromatic N) is 2. The number of imide groups is 1. The van der Waals surface area contributed by atoms with Gasteiger partial charge in [0.2, 0.25) is 5.91 Å². The second-order valence-electron chi connectivity index (χ2n) is 11.3. The van der Waals surface area contributed by atoms with E-state index in [2.05, 4.69) is 22.6 Å². The molecule has 220 valence electrons. The summed E-state index contributed by atoms with van der Waals surface area (Å²) in [6, 6.07) is 23.4. The molecule has 0 aliphatic carbocycles. The number of amides is 2. The van der Waals surface area contributed by atoms with Gasteiger partial charge in [0.05, 0.1) is 29.8 Å². The van der Waals surface area contributed by atoms with Crippen molar-refractivity contribution >= 4 is 46.4 Å². The normalized spacial score (nSPS) is 22.2. The second kappa shape index (κ2) is 12.3. The molecule has 42 heavy (non-hydrogen) atoms. The molecule has 0 spiro atoms. The Morgan fingerprint density at radius 2 is 1.64 bits per heavy atom. The molecule has 0 aromatic heterocycles. The fourth-order valence-corrected chi connectivity index (χ4v) is 5.59. The van der Waals surface area contributed by atoms with E-state index in [-0.39, 0.29) is 12.5 Å². The topological polar surface area (TPSA) is 94.6 Å². The lowest BCUT2D eigenvalue weighted by molar-refractivity contribution is -0.135. The molecule has 3 aromatic carbocycles. The summed E-state index contributed by atoms with van der Waals surface area (Å²) in [4.78, 5) is 46.9. The van der Waals surface area contributed by atoms with Crippen LogP contribution in [0.25, 0.3) is 0 Å². The molecule has 9 nitrogen and oxygen atoms in total. The SMILES string of the molecule is C[C@@H]1ON(c2ccc(I)cc2)[C@H](c2ccc(OC(=O)OC(C)(C)C)cc2)[C@H]1C(=O)N1C(=O)OC[C@H]1Cc1ccccc1. The number of carbonyl (C=O) groups excluding carboxylic acids is 3.